The Bertz CT molecular complexity index is 521. The third-order valence-corrected chi connectivity index (χ3v) is 2.74. The Morgan fingerprint density at radius 1 is 1.38 bits per heavy atom. The van der Waals surface area contributed by atoms with Gasteiger partial charge < -0.3 is 4.57 Å². The zero-order valence-corrected chi connectivity index (χ0v) is 9.95. The third kappa shape index (κ3) is 2.39. The summed E-state index contributed by atoms with van der Waals surface area (Å²) < 4.78 is 15.7. The molecule has 1 aromatic heterocycles. The van der Waals surface area contributed by atoms with Gasteiger partial charge in [0.15, 0.2) is 12.2 Å². The van der Waals surface area contributed by atoms with Crippen LogP contribution in [0.2, 0.25) is 0 Å². The number of hydrogen-bond donors (Lipinski definition) is 0. The van der Waals surface area contributed by atoms with Crippen LogP contribution in [0.15, 0.2) is 41.0 Å². The van der Waals surface area contributed by atoms with Crippen molar-refractivity contribution in [1.82, 2.24) is 4.57 Å². The summed E-state index contributed by atoms with van der Waals surface area (Å²) in [5, 5.41) is 0. The van der Waals surface area contributed by atoms with E-state index in [9.17, 15) is 9.18 Å². The Kier molecular flexibility index (Phi) is 3.19. The van der Waals surface area contributed by atoms with Crippen LogP contribution in [0.5, 0.6) is 0 Å². The van der Waals surface area contributed by atoms with E-state index in [1.54, 1.807) is 0 Å². The zero-order chi connectivity index (χ0) is 11.5. The molecule has 1 heterocycles. The van der Waals surface area contributed by atoms with Crippen LogP contribution >= 0.6 is 15.9 Å². The van der Waals surface area contributed by atoms with Crippen molar-refractivity contribution in [2.45, 2.75) is 6.54 Å². The monoisotopic (exact) mass is 281 g/mol. The molecule has 82 valence electrons. The lowest BCUT2D eigenvalue weighted by Gasteiger charge is -2.04. The first kappa shape index (κ1) is 11.1. The molecule has 2 rings (SSSR count). The van der Waals surface area contributed by atoms with E-state index >= 15 is 0 Å². The molecule has 0 amide bonds. The van der Waals surface area contributed by atoms with Crippen LogP contribution in [-0.4, -0.2) is 10.9 Å². The second kappa shape index (κ2) is 4.61. The fourth-order valence-electron chi connectivity index (χ4n) is 1.52. The van der Waals surface area contributed by atoms with Crippen molar-refractivity contribution >= 4 is 22.2 Å². The van der Waals surface area contributed by atoms with Gasteiger partial charge in [-0.3, -0.25) is 4.79 Å². The van der Waals surface area contributed by atoms with E-state index in [2.05, 4.69) is 15.9 Å². The molecule has 0 saturated carbocycles. The minimum Gasteiger partial charge on any atom is -0.320 e. The Morgan fingerprint density at radius 2 is 2.19 bits per heavy atom. The maximum atomic E-state index is 13.4. The van der Waals surface area contributed by atoms with E-state index in [4.69, 9.17) is 0 Å². The topological polar surface area (TPSA) is 22.0 Å². The van der Waals surface area contributed by atoms with Crippen molar-refractivity contribution in [3.8, 4) is 0 Å². The molecule has 0 unspecified atom stereocenters. The smallest absolute Gasteiger partial charge is 0.194 e. The largest absolute Gasteiger partial charge is 0.320 e. The molecule has 16 heavy (non-hydrogen) atoms. The summed E-state index contributed by atoms with van der Waals surface area (Å²) in [4.78, 5) is 10.5. The third-order valence-electron chi connectivity index (χ3n) is 2.24. The summed E-state index contributed by atoms with van der Waals surface area (Å²) in [7, 11) is 0. The van der Waals surface area contributed by atoms with Gasteiger partial charge in [0.2, 0.25) is 0 Å². The summed E-state index contributed by atoms with van der Waals surface area (Å²) in [6.45, 7) is 0.416. The van der Waals surface area contributed by atoms with Gasteiger partial charge in [-0.1, -0.05) is 28.1 Å². The molecule has 0 aliphatic carbocycles. The van der Waals surface area contributed by atoms with Gasteiger partial charge in [0, 0.05) is 28.8 Å². The predicted octanol–water partition coefficient (Wildman–Crippen LogP) is 3.25. The van der Waals surface area contributed by atoms with Crippen LogP contribution in [0.1, 0.15) is 15.9 Å². The minimum absolute atomic E-state index is 0.354. The molecule has 0 saturated heterocycles. The van der Waals surface area contributed by atoms with Crippen LogP contribution in [0, 0.1) is 5.95 Å². The van der Waals surface area contributed by atoms with Gasteiger partial charge >= 0.3 is 0 Å². The van der Waals surface area contributed by atoms with Crippen molar-refractivity contribution in [3.05, 3.63) is 58.1 Å². The fraction of sp³-hybridized carbons (Fsp3) is 0.0833. The summed E-state index contributed by atoms with van der Waals surface area (Å²) >= 11 is 3.35. The van der Waals surface area contributed by atoms with E-state index in [-0.39, 0.29) is 0 Å². The highest BCUT2D eigenvalue weighted by Crippen LogP contribution is 2.14. The second-order valence-corrected chi connectivity index (χ2v) is 4.39. The van der Waals surface area contributed by atoms with Crippen LogP contribution in [-0.2, 0) is 6.54 Å². The number of hydrogen-bond acceptors (Lipinski definition) is 1. The summed E-state index contributed by atoms with van der Waals surface area (Å²) in [6, 6.07) is 8.85. The molecule has 2 aromatic rings. The lowest BCUT2D eigenvalue weighted by Crippen LogP contribution is -2.00. The Balaban J connectivity index is 2.26. The number of carbonyl (C=O) groups excluding carboxylic acids is 1. The number of rotatable bonds is 3. The molecule has 0 aliphatic rings. The molecule has 4 heteroatoms. The van der Waals surface area contributed by atoms with Gasteiger partial charge in [0.05, 0.1) is 0 Å². The molecule has 2 nitrogen and oxygen atoms in total. The van der Waals surface area contributed by atoms with Gasteiger partial charge in [0.1, 0.15) is 0 Å². The number of nitrogens with zero attached hydrogens (tertiary/aromatic N) is 1. The fourth-order valence-corrected chi connectivity index (χ4v) is 1.96. The molecular weight excluding hydrogens is 273 g/mol. The maximum Gasteiger partial charge on any atom is 0.194 e. The van der Waals surface area contributed by atoms with Gasteiger partial charge in [-0.2, -0.15) is 4.39 Å². The number of halogens is 2. The molecule has 0 N–H and O–H groups in total. The minimum atomic E-state index is -0.401. The number of aromatic nitrogens is 1. The van der Waals surface area contributed by atoms with Gasteiger partial charge in [0.25, 0.3) is 0 Å². The van der Waals surface area contributed by atoms with Crippen LogP contribution in [0.4, 0.5) is 4.39 Å². The van der Waals surface area contributed by atoms with Gasteiger partial charge in [-0.15, -0.1) is 0 Å². The SMILES string of the molecule is O=Cc1cc(F)n(Cc2cccc(Br)c2)c1. The Labute approximate surface area is 101 Å². The quantitative estimate of drug-likeness (QED) is 0.792. The zero-order valence-electron chi connectivity index (χ0n) is 8.36. The molecule has 0 fully saturated rings. The summed E-state index contributed by atoms with van der Waals surface area (Å²) in [5.74, 6) is -0.401. The summed E-state index contributed by atoms with van der Waals surface area (Å²) in [6.07, 6.45) is 2.14. The molecule has 0 aliphatic heterocycles. The van der Waals surface area contributed by atoms with E-state index in [1.165, 1.54) is 16.8 Å². The number of carbonyl (C=O) groups is 1. The van der Waals surface area contributed by atoms with Gasteiger partial charge in [-0.05, 0) is 17.7 Å². The summed E-state index contributed by atoms with van der Waals surface area (Å²) in [5.41, 5.74) is 1.33. The molecule has 0 atom stereocenters. The highest BCUT2D eigenvalue weighted by Gasteiger charge is 2.05. The average molecular weight is 282 g/mol. The van der Waals surface area contributed by atoms with Crippen molar-refractivity contribution in [1.29, 1.82) is 0 Å². The Morgan fingerprint density at radius 3 is 2.81 bits per heavy atom. The first-order valence-corrected chi connectivity index (χ1v) is 5.53. The Hall–Kier alpha value is -1.42. The van der Waals surface area contributed by atoms with Crippen molar-refractivity contribution in [3.63, 3.8) is 0 Å². The van der Waals surface area contributed by atoms with Crippen LogP contribution in [0.3, 0.4) is 0 Å². The molecular formula is C12H9BrFNO. The number of aldehydes is 1. The van der Waals surface area contributed by atoms with E-state index in [1.807, 2.05) is 24.3 Å². The highest BCUT2D eigenvalue weighted by molar-refractivity contribution is 9.10. The molecule has 1 aromatic carbocycles. The van der Waals surface area contributed by atoms with Gasteiger partial charge in [-0.25, -0.2) is 0 Å². The van der Waals surface area contributed by atoms with E-state index in [0.29, 0.717) is 18.4 Å². The number of benzene rings is 1. The molecule has 0 radical (unpaired) electrons. The standard InChI is InChI=1S/C12H9BrFNO/c13-11-3-1-2-9(4-11)6-15-7-10(8-16)5-12(15)14/h1-5,7-8H,6H2. The van der Waals surface area contributed by atoms with Crippen LogP contribution in [0.25, 0.3) is 0 Å². The average Bonchev–Trinajstić information content (AvgIpc) is 2.60. The normalized spacial score (nSPS) is 10.4. The molecule has 0 spiro atoms. The maximum absolute atomic E-state index is 13.4. The lowest BCUT2D eigenvalue weighted by molar-refractivity contribution is 0.112. The van der Waals surface area contributed by atoms with E-state index in [0.717, 1.165) is 10.0 Å². The van der Waals surface area contributed by atoms with Crippen molar-refractivity contribution in [2.75, 3.05) is 0 Å². The van der Waals surface area contributed by atoms with Crippen LogP contribution < -0.4 is 0 Å². The highest BCUT2D eigenvalue weighted by atomic mass is 79.9. The lowest BCUT2D eigenvalue weighted by atomic mass is 10.2. The predicted molar refractivity (Wildman–Crippen MR) is 63.0 cm³/mol. The first-order chi connectivity index (χ1) is 7.69. The van der Waals surface area contributed by atoms with Crippen molar-refractivity contribution in [2.24, 2.45) is 0 Å². The second-order valence-electron chi connectivity index (χ2n) is 3.47. The van der Waals surface area contributed by atoms with E-state index < -0.39 is 5.95 Å². The first-order valence-electron chi connectivity index (χ1n) is 4.74. The van der Waals surface area contributed by atoms with Crippen molar-refractivity contribution < 1.29 is 9.18 Å². The molecule has 0 bridgehead atoms.